The molecule has 1 aliphatic rings. The van der Waals surface area contributed by atoms with Crippen molar-refractivity contribution in [2.24, 2.45) is 5.73 Å². The summed E-state index contributed by atoms with van der Waals surface area (Å²) in [4.78, 5) is 6.84. The zero-order valence-electron chi connectivity index (χ0n) is 9.59. The molecule has 0 aromatic carbocycles. The predicted molar refractivity (Wildman–Crippen MR) is 65.6 cm³/mol. The van der Waals surface area contributed by atoms with Gasteiger partial charge in [0.05, 0.1) is 10.7 Å². The Hall–Kier alpha value is -0.490. The van der Waals surface area contributed by atoms with E-state index in [9.17, 15) is 5.11 Å². The van der Waals surface area contributed by atoms with Crippen LogP contribution < -0.4 is 5.73 Å². The SMILES string of the molecule is CN1CCCC(c2nc(C(O)CN)cs2)C1. The Kier molecular flexibility index (Phi) is 3.91. The van der Waals surface area contributed by atoms with Gasteiger partial charge in [-0.15, -0.1) is 11.3 Å². The summed E-state index contributed by atoms with van der Waals surface area (Å²) in [5, 5.41) is 12.7. The number of hydrogen-bond donors (Lipinski definition) is 2. The first-order chi connectivity index (χ1) is 7.70. The number of likely N-dealkylation sites (N-methyl/N-ethyl adjacent to an activating group) is 1. The summed E-state index contributed by atoms with van der Waals surface area (Å²) in [6.07, 6.45) is 1.83. The van der Waals surface area contributed by atoms with Crippen molar-refractivity contribution in [2.45, 2.75) is 24.9 Å². The maximum Gasteiger partial charge on any atom is 0.109 e. The summed E-state index contributed by atoms with van der Waals surface area (Å²) in [7, 11) is 2.15. The third kappa shape index (κ3) is 2.60. The minimum absolute atomic E-state index is 0.244. The molecule has 2 atom stereocenters. The van der Waals surface area contributed by atoms with E-state index in [-0.39, 0.29) is 6.54 Å². The second-order valence-corrected chi connectivity index (χ2v) is 5.35. The van der Waals surface area contributed by atoms with Crippen LogP contribution in [0.25, 0.3) is 0 Å². The highest BCUT2D eigenvalue weighted by atomic mass is 32.1. The van der Waals surface area contributed by atoms with Crippen molar-refractivity contribution in [1.82, 2.24) is 9.88 Å². The summed E-state index contributed by atoms with van der Waals surface area (Å²) in [5.41, 5.74) is 6.15. The van der Waals surface area contributed by atoms with Crippen molar-refractivity contribution in [3.63, 3.8) is 0 Å². The Bertz CT molecular complexity index is 342. The van der Waals surface area contributed by atoms with E-state index in [4.69, 9.17) is 5.73 Å². The number of nitrogens with zero attached hydrogens (tertiary/aromatic N) is 2. The van der Waals surface area contributed by atoms with Gasteiger partial charge in [-0.05, 0) is 26.4 Å². The molecule has 1 saturated heterocycles. The zero-order valence-corrected chi connectivity index (χ0v) is 10.4. The highest BCUT2D eigenvalue weighted by molar-refractivity contribution is 7.09. The molecule has 1 aromatic heterocycles. The largest absolute Gasteiger partial charge is 0.385 e. The normalized spacial score (nSPS) is 24.6. The molecule has 1 fully saturated rings. The van der Waals surface area contributed by atoms with Gasteiger partial charge >= 0.3 is 0 Å². The fourth-order valence-corrected chi connectivity index (χ4v) is 3.12. The molecule has 2 heterocycles. The molecule has 1 aliphatic heterocycles. The molecule has 16 heavy (non-hydrogen) atoms. The number of piperidine rings is 1. The van der Waals surface area contributed by atoms with E-state index in [2.05, 4.69) is 16.9 Å². The Labute approximate surface area is 100 Å². The lowest BCUT2D eigenvalue weighted by molar-refractivity contribution is 0.182. The number of aromatic nitrogens is 1. The average Bonchev–Trinajstić information content (AvgIpc) is 2.77. The van der Waals surface area contributed by atoms with Gasteiger partial charge in [-0.25, -0.2) is 4.98 Å². The molecule has 3 N–H and O–H groups in total. The van der Waals surface area contributed by atoms with Crippen molar-refractivity contribution >= 4 is 11.3 Å². The topological polar surface area (TPSA) is 62.4 Å². The molecule has 2 rings (SSSR count). The lowest BCUT2D eigenvalue weighted by Crippen LogP contribution is -2.30. The van der Waals surface area contributed by atoms with Crippen molar-refractivity contribution in [2.75, 3.05) is 26.7 Å². The third-order valence-electron chi connectivity index (χ3n) is 3.08. The number of likely N-dealkylation sites (tertiary alicyclic amines) is 1. The van der Waals surface area contributed by atoms with E-state index >= 15 is 0 Å². The fraction of sp³-hybridized carbons (Fsp3) is 0.727. The molecule has 5 heteroatoms. The molecule has 1 aromatic rings. The van der Waals surface area contributed by atoms with Crippen LogP contribution in [0.3, 0.4) is 0 Å². The monoisotopic (exact) mass is 241 g/mol. The average molecular weight is 241 g/mol. The minimum atomic E-state index is -0.605. The van der Waals surface area contributed by atoms with E-state index in [1.54, 1.807) is 11.3 Å². The van der Waals surface area contributed by atoms with E-state index < -0.39 is 6.10 Å². The summed E-state index contributed by atoms with van der Waals surface area (Å²) in [6.45, 7) is 2.50. The predicted octanol–water partition coefficient (Wildman–Crippen LogP) is 0.944. The number of nitrogens with two attached hydrogens (primary N) is 1. The molecular formula is C11H19N3OS. The van der Waals surface area contributed by atoms with Crippen molar-refractivity contribution in [1.29, 1.82) is 0 Å². The summed E-state index contributed by atoms with van der Waals surface area (Å²) in [6, 6.07) is 0. The van der Waals surface area contributed by atoms with Gasteiger partial charge in [-0.1, -0.05) is 0 Å². The summed E-state index contributed by atoms with van der Waals surface area (Å²) in [5.74, 6) is 0.530. The fourth-order valence-electron chi connectivity index (χ4n) is 2.13. The van der Waals surface area contributed by atoms with Crippen LogP contribution in [0.5, 0.6) is 0 Å². The molecule has 4 nitrogen and oxygen atoms in total. The van der Waals surface area contributed by atoms with Gasteiger partial charge in [0.2, 0.25) is 0 Å². The van der Waals surface area contributed by atoms with Crippen LogP contribution in [-0.2, 0) is 0 Å². The second kappa shape index (κ2) is 5.23. The summed E-state index contributed by atoms with van der Waals surface area (Å²) < 4.78 is 0. The highest BCUT2D eigenvalue weighted by Crippen LogP contribution is 2.29. The number of rotatable bonds is 3. The van der Waals surface area contributed by atoms with Gasteiger partial charge < -0.3 is 15.7 Å². The lowest BCUT2D eigenvalue weighted by atomic mass is 9.99. The third-order valence-corrected chi connectivity index (χ3v) is 4.10. The van der Waals surface area contributed by atoms with Crippen LogP contribution in [0, 0.1) is 0 Å². The van der Waals surface area contributed by atoms with Crippen LogP contribution in [0.4, 0.5) is 0 Å². The first-order valence-electron chi connectivity index (χ1n) is 5.72. The van der Waals surface area contributed by atoms with E-state index in [0.717, 1.165) is 17.2 Å². The van der Waals surface area contributed by atoms with Gasteiger partial charge in [0, 0.05) is 24.4 Å². The molecule has 0 bridgehead atoms. The van der Waals surface area contributed by atoms with Gasteiger partial charge in [-0.3, -0.25) is 0 Å². The lowest BCUT2D eigenvalue weighted by Gasteiger charge is -2.28. The van der Waals surface area contributed by atoms with Crippen LogP contribution in [-0.4, -0.2) is 41.7 Å². The maximum atomic E-state index is 9.60. The van der Waals surface area contributed by atoms with Gasteiger partial charge in [0.1, 0.15) is 6.10 Å². The van der Waals surface area contributed by atoms with E-state index in [0.29, 0.717) is 5.92 Å². The van der Waals surface area contributed by atoms with Gasteiger partial charge in [0.15, 0.2) is 0 Å². The molecule has 0 saturated carbocycles. The quantitative estimate of drug-likeness (QED) is 0.827. The molecule has 2 unspecified atom stereocenters. The van der Waals surface area contributed by atoms with Gasteiger partial charge in [-0.2, -0.15) is 0 Å². The molecule has 0 spiro atoms. The Morgan fingerprint density at radius 1 is 1.75 bits per heavy atom. The van der Waals surface area contributed by atoms with Crippen LogP contribution in [0.2, 0.25) is 0 Å². The van der Waals surface area contributed by atoms with Gasteiger partial charge in [0.25, 0.3) is 0 Å². The minimum Gasteiger partial charge on any atom is -0.385 e. The number of aliphatic hydroxyl groups excluding tert-OH is 1. The van der Waals surface area contributed by atoms with Crippen molar-refractivity contribution < 1.29 is 5.11 Å². The zero-order chi connectivity index (χ0) is 11.5. The van der Waals surface area contributed by atoms with Crippen molar-refractivity contribution in [3.05, 3.63) is 16.1 Å². The molecule has 0 aliphatic carbocycles. The van der Waals surface area contributed by atoms with Crippen LogP contribution in [0.15, 0.2) is 5.38 Å². The second-order valence-electron chi connectivity index (χ2n) is 4.46. The standard InChI is InChI=1S/C11H19N3OS/c1-14-4-2-3-8(6-14)11-13-9(7-16-11)10(15)5-12/h7-8,10,15H,2-6,12H2,1H3. The molecular weight excluding hydrogens is 222 g/mol. The van der Waals surface area contributed by atoms with Crippen molar-refractivity contribution in [3.8, 4) is 0 Å². The van der Waals surface area contributed by atoms with Crippen LogP contribution in [0.1, 0.15) is 35.6 Å². The highest BCUT2D eigenvalue weighted by Gasteiger charge is 2.22. The van der Waals surface area contributed by atoms with Crippen LogP contribution >= 0.6 is 11.3 Å². The number of hydrogen-bond acceptors (Lipinski definition) is 5. The first-order valence-corrected chi connectivity index (χ1v) is 6.60. The Morgan fingerprint density at radius 2 is 2.56 bits per heavy atom. The smallest absolute Gasteiger partial charge is 0.109 e. The Balaban J connectivity index is 2.06. The molecule has 0 radical (unpaired) electrons. The molecule has 90 valence electrons. The number of thiazole rings is 1. The van der Waals surface area contributed by atoms with E-state index in [1.807, 2.05) is 5.38 Å². The maximum absolute atomic E-state index is 9.60. The molecule has 0 amide bonds. The number of aliphatic hydroxyl groups is 1. The summed E-state index contributed by atoms with van der Waals surface area (Å²) >= 11 is 1.65. The first kappa shape index (κ1) is 12.0. The van der Waals surface area contributed by atoms with E-state index in [1.165, 1.54) is 19.4 Å². The Morgan fingerprint density at radius 3 is 3.25 bits per heavy atom.